The molecule has 6 heteroatoms. The summed E-state index contributed by atoms with van der Waals surface area (Å²) in [5.74, 6) is 1.21. The van der Waals surface area contributed by atoms with Crippen molar-refractivity contribution in [2.45, 2.75) is 26.8 Å². The van der Waals surface area contributed by atoms with Gasteiger partial charge in [0, 0.05) is 22.6 Å². The van der Waals surface area contributed by atoms with Gasteiger partial charge in [0.05, 0.1) is 13.2 Å². The van der Waals surface area contributed by atoms with Crippen molar-refractivity contribution in [2.75, 3.05) is 12.4 Å². The molecule has 3 rings (SSSR count). The van der Waals surface area contributed by atoms with Gasteiger partial charge in [-0.05, 0) is 68.8 Å². The molecule has 1 heterocycles. The monoisotopic (exact) mass is 376 g/mol. The third-order valence-electron chi connectivity index (χ3n) is 4.35. The first-order valence-corrected chi connectivity index (χ1v) is 9.09. The van der Waals surface area contributed by atoms with Crippen molar-refractivity contribution < 1.29 is 9.53 Å². The largest absolute Gasteiger partial charge is 0.497 e. The lowest BCUT2D eigenvalue weighted by atomic mass is 10.1. The standard InChI is InChI=1S/C22H24N4O2/c1-14-13-15(2)24-22(23-14)26-19-9-5-18(6-10-19)21(27)25-16(3)17-7-11-20(28-4)12-8-17/h5-13,16H,1-4H3,(H,25,27)(H,23,24,26). The molecule has 0 aliphatic carbocycles. The Morgan fingerprint density at radius 1 is 0.964 bits per heavy atom. The molecule has 0 saturated heterocycles. The maximum Gasteiger partial charge on any atom is 0.251 e. The number of amides is 1. The SMILES string of the molecule is COc1ccc(C(C)NC(=O)c2ccc(Nc3nc(C)cc(C)n3)cc2)cc1. The summed E-state index contributed by atoms with van der Waals surface area (Å²) in [6.45, 7) is 5.81. The summed E-state index contributed by atoms with van der Waals surface area (Å²) >= 11 is 0. The molecule has 0 radical (unpaired) electrons. The van der Waals surface area contributed by atoms with E-state index in [1.54, 1.807) is 19.2 Å². The Morgan fingerprint density at radius 3 is 2.14 bits per heavy atom. The molecule has 0 saturated carbocycles. The normalized spacial score (nSPS) is 11.6. The number of ether oxygens (including phenoxy) is 1. The van der Waals surface area contributed by atoms with Gasteiger partial charge in [0.2, 0.25) is 5.95 Å². The third kappa shape index (κ3) is 4.85. The summed E-state index contributed by atoms with van der Waals surface area (Å²) < 4.78 is 5.16. The molecule has 2 aromatic carbocycles. The number of nitrogens with one attached hydrogen (secondary N) is 2. The Balaban J connectivity index is 1.64. The molecule has 28 heavy (non-hydrogen) atoms. The number of carbonyl (C=O) groups excluding carboxylic acids is 1. The van der Waals surface area contributed by atoms with Crippen LogP contribution < -0.4 is 15.4 Å². The number of rotatable bonds is 6. The van der Waals surface area contributed by atoms with Crippen molar-refractivity contribution in [3.63, 3.8) is 0 Å². The Morgan fingerprint density at radius 2 is 1.57 bits per heavy atom. The molecule has 3 aromatic rings. The lowest BCUT2D eigenvalue weighted by Gasteiger charge is -2.15. The van der Waals surface area contributed by atoms with E-state index in [-0.39, 0.29) is 11.9 Å². The maximum atomic E-state index is 12.5. The van der Waals surface area contributed by atoms with Crippen LogP contribution in [0.5, 0.6) is 5.75 Å². The van der Waals surface area contributed by atoms with Gasteiger partial charge in [-0.1, -0.05) is 12.1 Å². The Labute approximate surface area is 165 Å². The molecule has 1 atom stereocenters. The zero-order valence-electron chi connectivity index (χ0n) is 16.5. The van der Waals surface area contributed by atoms with E-state index in [1.807, 2.05) is 63.2 Å². The van der Waals surface area contributed by atoms with E-state index in [4.69, 9.17) is 4.74 Å². The molecule has 2 N–H and O–H groups in total. The lowest BCUT2D eigenvalue weighted by Crippen LogP contribution is -2.26. The van der Waals surface area contributed by atoms with E-state index in [0.29, 0.717) is 11.5 Å². The third-order valence-corrected chi connectivity index (χ3v) is 4.35. The van der Waals surface area contributed by atoms with Crippen molar-refractivity contribution in [2.24, 2.45) is 0 Å². The van der Waals surface area contributed by atoms with Crippen LogP contribution in [0.25, 0.3) is 0 Å². The number of hydrogen-bond acceptors (Lipinski definition) is 5. The summed E-state index contributed by atoms with van der Waals surface area (Å²) in [6.07, 6.45) is 0. The van der Waals surface area contributed by atoms with E-state index in [1.165, 1.54) is 0 Å². The van der Waals surface area contributed by atoms with Crippen molar-refractivity contribution in [3.05, 3.63) is 77.1 Å². The van der Waals surface area contributed by atoms with Gasteiger partial charge in [0.1, 0.15) is 5.75 Å². The van der Waals surface area contributed by atoms with E-state index in [0.717, 1.165) is 28.4 Å². The van der Waals surface area contributed by atoms with Gasteiger partial charge in [-0.15, -0.1) is 0 Å². The number of methoxy groups -OCH3 is 1. The highest BCUT2D eigenvalue weighted by Crippen LogP contribution is 2.19. The fraction of sp³-hybridized carbons (Fsp3) is 0.227. The smallest absolute Gasteiger partial charge is 0.251 e. The Hall–Kier alpha value is -3.41. The highest BCUT2D eigenvalue weighted by Gasteiger charge is 2.12. The summed E-state index contributed by atoms with van der Waals surface area (Å²) in [4.78, 5) is 21.3. The number of aromatic nitrogens is 2. The maximum absolute atomic E-state index is 12.5. The molecule has 1 amide bonds. The predicted molar refractivity (Wildman–Crippen MR) is 110 cm³/mol. The molecule has 0 aliphatic heterocycles. The van der Waals surface area contributed by atoms with Crippen LogP contribution in [-0.2, 0) is 0 Å². The van der Waals surface area contributed by atoms with Crippen molar-refractivity contribution in [3.8, 4) is 5.75 Å². The molecule has 0 fully saturated rings. The van der Waals surface area contributed by atoms with E-state index >= 15 is 0 Å². The van der Waals surface area contributed by atoms with Crippen LogP contribution in [0.1, 0.15) is 40.3 Å². The van der Waals surface area contributed by atoms with Gasteiger partial charge in [0.15, 0.2) is 0 Å². The highest BCUT2D eigenvalue weighted by atomic mass is 16.5. The summed E-state index contributed by atoms with van der Waals surface area (Å²) in [5, 5.41) is 6.17. The zero-order valence-corrected chi connectivity index (χ0v) is 16.5. The minimum atomic E-state index is -0.127. The van der Waals surface area contributed by atoms with Crippen LogP contribution in [0.15, 0.2) is 54.6 Å². The second kappa shape index (κ2) is 8.52. The first kappa shape index (κ1) is 19.4. The molecule has 0 spiro atoms. The number of hydrogen-bond donors (Lipinski definition) is 2. The molecular formula is C22H24N4O2. The predicted octanol–water partition coefficient (Wildman–Crippen LogP) is 4.34. The number of benzene rings is 2. The van der Waals surface area contributed by atoms with Crippen LogP contribution in [0.4, 0.5) is 11.6 Å². The quantitative estimate of drug-likeness (QED) is 0.669. The number of anilines is 2. The van der Waals surface area contributed by atoms with Crippen LogP contribution >= 0.6 is 0 Å². The summed E-state index contributed by atoms with van der Waals surface area (Å²) in [6, 6.07) is 16.7. The van der Waals surface area contributed by atoms with E-state index in [9.17, 15) is 4.79 Å². The van der Waals surface area contributed by atoms with Crippen LogP contribution in [-0.4, -0.2) is 23.0 Å². The molecule has 144 valence electrons. The van der Waals surface area contributed by atoms with E-state index in [2.05, 4.69) is 20.6 Å². The molecule has 6 nitrogen and oxygen atoms in total. The van der Waals surface area contributed by atoms with Crippen molar-refractivity contribution in [1.82, 2.24) is 15.3 Å². The molecule has 0 bridgehead atoms. The van der Waals surface area contributed by atoms with Crippen LogP contribution in [0.2, 0.25) is 0 Å². The van der Waals surface area contributed by atoms with Gasteiger partial charge in [-0.2, -0.15) is 0 Å². The molecule has 1 aromatic heterocycles. The second-order valence-corrected chi connectivity index (χ2v) is 6.64. The first-order valence-electron chi connectivity index (χ1n) is 9.09. The topological polar surface area (TPSA) is 76.1 Å². The van der Waals surface area contributed by atoms with Gasteiger partial charge >= 0.3 is 0 Å². The molecular weight excluding hydrogens is 352 g/mol. The highest BCUT2D eigenvalue weighted by molar-refractivity contribution is 5.94. The van der Waals surface area contributed by atoms with Crippen molar-refractivity contribution in [1.29, 1.82) is 0 Å². The van der Waals surface area contributed by atoms with Gasteiger partial charge in [0.25, 0.3) is 5.91 Å². The number of aryl methyl sites for hydroxylation is 2. The fourth-order valence-corrected chi connectivity index (χ4v) is 2.87. The van der Waals surface area contributed by atoms with Crippen LogP contribution in [0, 0.1) is 13.8 Å². The number of carbonyl (C=O) groups is 1. The molecule has 0 aliphatic rings. The lowest BCUT2D eigenvalue weighted by molar-refractivity contribution is 0.0940. The summed E-state index contributed by atoms with van der Waals surface area (Å²) in [7, 11) is 1.63. The van der Waals surface area contributed by atoms with E-state index < -0.39 is 0 Å². The van der Waals surface area contributed by atoms with Gasteiger partial charge in [-0.25, -0.2) is 9.97 Å². The minimum absolute atomic E-state index is 0.111. The Bertz CT molecular complexity index is 933. The van der Waals surface area contributed by atoms with Crippen LogP contribution in [0.3, 0.4) is 0 Å². The second-order valence-electron chi connectivity index (χ2n) is 6.64. The van der Waals surface area contributed by atoms with Gasteiger partial charge in [-0.3, -0.25) is 4.79 Å². The average Bonchev–Trinajstić information content (AvgIpc) is 2.67. The van der Waals surface area contributed by atoms with Crippen molar-refractivity contribution >= 4 is 17.5 Å². The number of nitrogens with zero attached hydrogens (tertiary/aromatic N) is 2. The molecule has 1 unspecified atom stereocenters. The Kier molecular flexibility index (Phi) is 5.89. The summed E-state index contributed by atoms with van der Waals surface area (Å²) in [5.41, 5.74) is 4.23. The van der Waals surface area contributed by atoms with Gasteiger partial charge < -0.3 is 15.4 Å². The fourth-order valence-electron chi connectivity index (χ4n) is 2.87. The minimum Gasteiger partial charge on any atom is -0.497 e. The first-order chi connectivity index (χ1) is 13.4. The average molecular weight is 376 g/mol. The zero-order chi connectivity index (χ0) is 20.1.